The molecule has 0 spiro atoms. The van der Waals surface area contributed by atoms with Gasteiger partial charge in [-0.2, -0.15) is 4.31 Å². The first kappa shape index (κ1) is 29.8. The molecule has 1 saturated heterocycles. The molecule has 5 aliphatic carbocycles. The molecule has 4 bridgehead atoms. The van der Waals surface area contributed by atoms with Crippen molar-refractivity contribution in [3.05, 3.63) is 42.1 Å². The minimum Gasteiger partial charge on any atom is -0.369 e. The molecule has 5 saturated carbocycles. The number of sulfonamides is 1. The molecule has 6 fully saturated rings. The van der Waals surface area contributed by atoms with Gasteiger partial charge >= 0.3 is 6.09 Å². The SMILES string of the molecule is Cc1cc(N2CCN(S(=O)(=O)C3CC3)CC2)cnc1N1CCN(OC(=O)NC2[C@@H]3CC4C[C@H]2CC(C(N)=O)(C4)C3)c2ccccc21. The average Bonchev–Trinajstić information content (AvgIpc) is 3.90. The Hall–Kier alpha value is -3.58. The van der Waals surface area contributed by atoms with Crippen LogP contribution in [0.1, 0.15) is 50.5 Å². The summed E-state index contributed by atoms with van der Waals surface area (Å²) >= 11 is 0. The Bertz CT molecular complexity index is 1640. The molecule has 3 unspecified atom stereocenters. The van der Waals surface area contributed by atoms with Crippen molar-refractivity contribution in [2.45, 2.75) is 63.2 Å². The molecular weight excluding hydrogens is 606 g/mol. The van der Waals surface area contributed by atoms with Gasteiger partial charge in [-0.3, -0.25) is 4.79 Å². The lowest BCUT2D eigenvalue weighted by Crippen LogP contribution is -2.62. The number of hydrogen-bond donors (Lipinski definition) is 2. The van der Waals surface area contributed by atoms with Crippen molar-refractivity contribution in [2.24, 2.45) is 28.9 Å². The van der Waals surface area contributed by atoms with E-state index in [1.807, 2.05) is 37.4 Å². The van der Waals surface area contributed by atoms with Gasteiger partial charge in [0.1, 0.15) is 5.82 Å². The molecule has 1 aromatic carbocycles. The van der Waals surface area contributed by atoms with Crippen molar-refractivity contribution < 1.29 is 22.8 Å². The van der Waals surface area contributed by atoms with Gasteiger partial charge in [0.05, 0.1) is 35.1 Å². The Morgan fingerprint density at radius 2 is 1.67 bits per heavy atom. The summed E-state index contributed by atoms with van der Waals surface area (Å²) in [6, 6.07) is 10.00. The topological polar surface area (TPSA) is 141 Å². The number of nitrogens with zero attached hydrogens (tertiary/aromatic N) is 5. The number of rotatable bonds is 7. The third kappa shape index (κ3) is 5.06. The zero-order chi connectivity index (χ0) is 31.8. The van der Waals surface area contributed by atoms with Crippen LogP contribution in [0.5, 0.6) is 0 Å². The quantitative estimate of drug-likeness (QED) is 0.462. The van der Waals surface area contributed by atoms with Crippen LogP contribution in [0.3, 0.4) is 0 Å². The molecule has 246 valence electrons. The van der Waals surface area contributed by atoms with Gasteiger partial charge < -0.3 is 25.7 Å². The Labute approximate surface area is 270 Å². The molecule has 2 amide bonds. The van der Waals surface area contributed by atoms with Gasteiger partial charge in [0, 0.05) is 44.2 Å². The number of hydroxylamine groups is 1. The highest BCUT2D eigenvalue weighted by Crippen LogP contribution is 2.60. The van der Waals surface area contributed by atoms with E-state index in [1.165, 1.54) is 0 Å². The van der Waals surface area contributed by atoms with Gasteiger partial charge in [-0.25, -0.2) is 23.3 Å². The van der Waals surface area contributed by atoms with E-state index in [4.69, 9.17) is 15.6 Å². The van der Waals surface area contributed by atoms with Crippen LogP contribution in [0.2, 0.25) is 0 Å². The average molecular weight is 650 g/mol. The zero-order valence-electron chi connectivity index (χ0n) is 26.3. The van der Waals surface area contributed by atoms with Crippen molar-refractivity contribution >= 4 is 44.9 Å². The lowest BCUT2D eigenvalue weighted by molar-refractivity contribution is -0.145. The fourth-order valence-electron chi connectivity index (χ4n) is 9.26. The Kier molecular flexibility index (Phi) is 7.13. The number of amides is 2. The van der Waals surface area contributed by atoms with Crippen molar-refractivity contribution in [3.8, 4) is 0 Å². The van der Waals surface area contributed by atoms with E-state index < -0.39 is 21.5 Å². The summed E-state index contributed by atoms with van der Waals surface area (Å²) in [6.45, 7) is 5.37. The number of benzene rings is 1. The highest BCUT2D eigenvalue weighted by Gasteiger charge is 2.58. The van der Waals surface area contributed by atoms with E-state index in [0.717, 1.165) is 73.4 Å². The van der Waals surface area contributed by atoms with Crippen molar-refractivity contribution in [1.82, 2.24) is 14.6 Å². The third-order valence-electron chi connectivity index (χ3n) is 11.4. The monoisotopic (exact) mass is 649 g/mol. The summed E-state index contributed by atoms with van der Waals surface area (Å²) < 4.78 is 27.0. The molecular formula is C33H43N7O5S. The highest BCUT2D eigenvalue weighted by atomic mass is 32.2. The summed E-state index contributed by atoms with van der Waals surface area (Å²) in [6.07, 6.45) is 7.45. The fourth-order valence-corrected chi connectivity index (χ4v) is 11.1. The van der Waals surface area contributed by atoms with Gasteiger partial charge in [-0.15, -0.1) is 0 Å². The van der Waals surface area contributed by atoms with Gasteiger partial charge in [0.15, 0.2) is 0 Å². The van der Waals surface area contributed by atoms with E-state index in [1.54, 1.807) is 9.37 Å². The number of nitrogens with one attached hydrogen (secondary N) is 1. The maximum Gasteiger partial charge on any atom is 0.431 e. The highest BCUT2D eigenvalue weighted by molar-refractivity contribution is 7.90. The van der Waals surface area contributed by atoms with Crippen LogP contribution in [-0.2, 0) is 19.7 Å². The van der Waals surface area contributed by atoms with Gasteiger partial charge in [0.2, 0.25) is 15.9 Å². The number of nitrogens with two attached hydrogens (primary N) is 1. The maximum absolute atomic E-state index is 13.3. The lowest BCUT2D eigenvalue weighted by atomic mass is 9.47. The number of piperazine rings is 1. The second kappa shape index (κ2) is 11.0. The minimum atomic E-state index is -3.15. The van der Waals surface area contributed by atoms with Crippen LogP contribution in [0, 0.1) is 30.1 Å². The molecule has 2 aliphatic heterocycles. The number of primary amides is 1. The first-order chi connectivity index (χ1) is 22.1. The smallest absolute Gasteiger partial charge is 0.369 e. The number of hydrogen-bond acceptors (Lipinski definition) is 9. The first-order valence-corrected chi connectivity index (χ1v) is 18.2. The van der Waals surface area contributed by atoms with Crippen LogP contribution < -0.4 is 25.9 Å². The maximum atomic E-state index is 13.3. The molecule has 12 nitrogen and oxygen atoms in total. The number of carbonyl (C=O) groups is 2. The second-order valence-corrected chi connectivity index (χ2v) is 16.6. The Morgan fingerprint density at radius 3 is 2.33 bits per heavy atom. The molecule has 9 rings (SSSR count). The molecule has 7 aliphatic rings. The summed E-state index contributed by atoms with van der Waals surface area (Å²) in [5.74, 6) is 1.69. The number of para-hydroxylation sites is 2. The number of fused-ring (bicyclic) bond motifs is 1. The van der Waals surface area contributed by atoms with E-state index in [2.05, 4.69) is 21.2 Å². The fraction of sp³-hybridized carbons (Fsp3) is 0.606. The van der Waals surface area contributed by atoms with E-state index in [9.17, 15) is 18.0 Å². The van der Waals surface area contributed by atoms with Crippen LogP contribution >= 0.6 is 0 Å². The van der Waals surface area contributed by atoms with E-state index in [0.29, 0.717) is 45.2 Å². The summed E-state index contributed by atoms with van der Waals surface area (Å²) in [7, 11) is -3.15. The molecule has 0 radical (unpaired) electrons. The molecule has 1 aromatic heterocycles. The van der Waals surface area contributed by atoms with Crippen LogP contribution in [-0.4, -0.2) is 80.3 Å². The Balaban J connectivity index is 0.931. The largest absolute Gasteiger partial charge is 0.431 e. The van der Waals surface area contributed by atoms with Crippen molar-refractivity contribution in [3.63, 3.8) is 0 Å². The summed E-state index contributed by atoms with van der Waals surface area (Å²) in [5.41, 5.74) is 9.16. The number of aromatic nitrogens is 1. The van der Waals surface area contributed by atoms with Gasteiger partial charge in [-0.05, 0) is 93.4 Å². The lowest BCUT2D eigenvalue weighted by Gasteiger charge is -2.58. The Morgan fingerprint density at radius 1 is 0.978 bits per heavy atom. The molecule has 46 heavy (non-hydrogen) atoms. The molecule has 5 atom stereocenters. The second-order valence-electron chi connectivity index (χ2n) is 14.4. The summed E-state index contributed by atoms with van der Waals surface area (Å²) in [4.78, 5) is 40.8. The number of carbonyl (C=O) groups excluding carboxylic acids is 2. The standard InChI is InChI=1S/C33H43N7O5S/c1-21-14-25(37-8-10-38(11-9-37)46(43,44)26-6-7-26)20-35-30(21)39-12-13-40(28-5-3-2-4-27(28)39)45-32(42)36-29-23-15-22-16-24(29)19-33(17-22,18-23)31(34)41/h2-5,14,20,22-24,26,29H,6-13,15-19H2,1H3,(H2,34,41)(H,36,42)/t22?,23-,24+,29?,33?. The zero-order valence-corrected chi connectivity index (χ0v) is 27.1. The normalized spacial score (nSPS) is 30.7. The first-order valence-electron chi connectivity index (χ1n) is 16.7. The van der Waals surface area contributed by atoms with Crippen LogP contribution in [0.4, 0.5) is 27.7 Å². The molecule has 3 N–H and O–H groups in total. The molecule has 2 aromatic rings. The number of anilines is 4. The van der Waals surface area contributed by atoms with Crippen molar-refractivity contribution in [1.29, 1.82) is 0 Å². The minimum absolute atomic E-state index is 0.00370. The molecule has 3 heterocycles. The third-order valence-corrected chi connectivity index (χ3v) is 13.8. The predicted molar refractivity (Wildman–Crippen MR) is 174 cm³/mol. The number of aryl methyl sites for hydroxylation is 1. The van der Waals surface area contributed by atoms with Crippen LogP contribution in [0.25, 0.3) is 0 Å². The predicted octanol–water partition coefficient (Wildman–Crippen LogP) is 3.28. The number of pyridine rings is 1. The summed E-state index contributed by atoms with van der Waals surface area (Å²) in [5, 5.41) is 4.67. The van der Waals surface area contributed by atoms with Crippen LogP contribution in [0.15, 0.2) is 36.5 Å². The van der Waals surface area contributed by atoms with E-state index >= 15 is 0 Å². The van der Waals surface area contributed by atoms with Gasteiger partial charge in [-0.1, -0.05) is 12.1 Å². The van der Waals surface area contributed by atoms with Gasteiger partial charge in [0.25, 0.3) is 0 Å². The van der Waals surface area contributed by atoms with E-state index in [-0.39, 0.29) is 29.0 Å². The molecule has 13 heteroatoms. The van der Waals surface area contributed by atoms with Crippen molar-refractivity contribution in [2.75, 3.05) is 54.1 Å².